The Morgan fingerprint density at radius 3 is 2.50 bits per heavy atom. The van der Waals surface area contributed by atoms with Crippen molar-refractivity contribution in [1.82, 2.24) is 0 Å². The van der Waals surface area contributed by atoms with Gasteiger partial charge in [-0.1, -0.05) is 37.1 Å². The molecule has 0 saturated heterocycles. The molecule has 2 aliphatic rings. The molecule has 0 heterocycles. The van der Waals surface area contributed by atoms with E-state index in [9.17, 15) is 0 Å². The summed E-state index contributed by atoms with van der Waals surface area (Å²) >= 11 is 0. The lowest BCUT2D eigenvalue weighted by molar-refractivity contribution is 0.140. The molecule has 0 aromatic carbocycles. The number of hydrogen-bond donors (Lipinski definition) is 0. The summed E-state index contributed by atoms with van der Waals surface area (Å²) in [4.78, 5) is 0. The first-order valence-corrected chi connectivity index (χ1v) is 6.83. The monoisotopic (exact) mass is 218 g/mol. The summed E-state index contributed by atoms with van der Waals surface area (Å²) in [5.41, 5.74) is 3.78. The minimum Gasteiger partial charge on any atom is -0.0853 e. The Labute approximate surface area is 101 Å². The molecule has 90 valence electrons. The normalized spacial score (nSPS) is 34.2. The minimum atomic E-state index is 0.516. The maximum atomic E-state index is 2.49. The molecule has 0 aliphatic heterocycles. The lowest BCUT2D eigenvalue weighted by atomic mass is 9.61. The van der Waals surface area contributed by atoms with Gasteiger partial charge in [-0.05, 0) is 63.2 Å². The third-order valence-electron chi connectivity index (χ3n) is 4.74. The van der Waals surface area contributed by atoms with Crippen molar-refractivity contribution < 1.29 is 0 Å². The highest BCUT2D eigenvalue weighted by Gasteiger charge is 2.38. The van der Waals surface area contributed by atoms with Crippen molar-refractivity contribution in [2.45, 2.75) is 59.8 Å². The predicted molar refractivity (Wildman–Crippen MR) is 71.4 cm³/mol. The summed E-state index contributed by atoms with van der Waals surface area (Å²) in [6.07, 6.45) is 11.7. The molecular formula is C16H26. The van der Waals surface area contributed by atoms with Crippen LogP contribution in [0.5, 0.6) is 0 Å². The Kier molecular flexibility index (Phi) is 3.28. The van der Waals surface area contributed by atoms with Gasteiger partial charge >= 0.3 is 0 Å². The van der Waals surface area contributed by atoms with Crippen LogP contribution in [0.15, 0.2) is 23.3 Å². The molecule has 0 aromatic rings. The Morgan fingerprint density at radius 2 is 1.94 bits per heavy atom. The van der Waals surface area contributed by atoms with Crippen LogP contribution in [0.1, 0.15) is 59.8 Å². The van der Waals surface area contributed by atoms with Gasteiger partial charge in [0.25, 0.3) is 0 Å². The van der Waals surface area contributed by atoms with Crippen LogP contribution in [0.4, 0.5) is 0 Å². The van der Waals surface area contributed by atoms with E-state index in [1.165, 1.54) is 32.1 Å². The quantitative estimate of drug-likeness (QED) is 0.536. The third kappa shape index (κ3) is 2.26. The van der Waals surface area contributed by atoms with Crippen LogP contribution in [0.2, 0.25) is 0 Å². The van der Waals surface area contributed by atoms with Crippen molar-refractivity contribution in [2.24, 2.45) is 17.3 Å². The summed E-state index contributed by atoms with van der Waals surface area (Å²) < 4.78 is 0. The molecule has 0 spiro atoms. The fourth-order valence-electron chi connectivity index (χ4n) is 3.87. The second kappa shape index (κ2) is 4.39. The van der Waals surface area contributed by atoms with E-state index >= 15 is 0 Å². The van der Waals surface area contributed by atoms with Crippen LogP contribution < -0.4 is 0 Å². The van der Waals surface area contributed by atoms with Crippen molar-refractivity contribution in [3.05, 3.63) is 23.3 Å². The van der Waals surface area contributed by atoms with Crippen molar-refractivity contribution in [3.8, 4) is 0 Å². The number of allylic oxidation sites excluding steroid dienone is 4. The van der Waals surface area contributed by atoms with E-state index in [0.29, 0.717) is 5.41 Å². The number of rotatable bonds is 1. The van der Waals surface area contributed by atoms with E-state index < -0.39 is 0 Å². The van der Waals surface area contributed by atoms with Crippen LogP contribution in [-0.2, 0) is 0 Å². The Morgan fingerprint density at radius 1 is 1.19 bits per heavy atom. The second-order valence-corrected chi connectivity index (χ2v) is 6.54. The summed E-state index contributed by atoms with van der Waals surface area (Å²) in [5, 5.41) is 0. The fourth-order valence-corrected chi connectivity index (χ4v) is 3.87. The zero-order chi connectivity index (χ0) is 11.8. The Hall–Kier alpha value is -0.520. The Balaban J connectivity index is 2.18. The molecule has 2 unspecified atom stereocenters. The molecule has 0 amide bonds. The average Bonchev–Trinajstić information content (AvgIpc) is 2.19. The molecular weight excluding hydrogens is 192 g/mol. The van der Waals surface area contributed by atoms with E-state index in [1.807, 2.05) is 0 Å². The minimum absolute atomic E-state index is 0.516. The van der Waals surface area contributed by atoms with Gasteiger partial charge in [-0.3, -0.25) is 0 Å². The molecule has 16 heavy (non-hydrogen) atoms. The highest BCUT2D eigenvalue weighted by molar-refractivity contribution is 5.16. The summed E-state index contributed by atoms with van der Waals surface area (Å²) in [6.45, 7) is 9.58. The standard InChI is InChI=1S/C16H26/c1-12-7-9-14(10-8-12)15-13(2)6-5-11-16(15,3)4/h6-7,14-15H,5,8-11H2,1-4H3. The topological polar surface area (TPSA) is 0 Å². The van der Waals surface area contributed by atoms with E-state index in [2.05, 4.69) is 39.8 Å². The zero-order valence-corrected chi connectivity index (χ0v) is 11.3. The number of hydrogen-bond acceptors (Lipinski definition) is 0. The van der Waals surface area contributed by atoms with Crippen LogP contribution in [0, 0.1) is 17.3 Å². The van der Waals surface area contributed by atoms with E-state index in [4.69, 9.17) is 0 Å². The van der Waals surface area contributed by atoms with E-state index in [-0.39, 0.29) is 0 Å². The predicted octanol–water partition coefficient (Wildman–Crippen LogP) is 5.12. The van der Waals surface area contributed by atoms with Crippen molar-refractivity contribution in [3.63, 3.8) is 0 Å². The molecule has 0 radical (unpaired) electrons. The van der Waals surface area contributed by atoms with Gasteiger partial charge in [-0.25, -0.2) is 0 Å². The summed E-state index contributed by atoms with van der Waals surface area (Å²) in [6, 6.07) is 0. The first kappa shape index (κ1) is 12.0. The molecule has 2 atom stereocenters. The van der Waals surface area contributed by atoms with Gasteiger partial charge in [0.15, 0.2) is 0 Å². The van der Waals surface area contributed by atoms with Crippen LogP contribution >= 0.6 is 0 Å². The van der Waals surface area contributed by atoms with Crippen molar-refractivity contribution >= 4 is 0 Å². The summed E-state index contributed by atoms with van der Waals surface area (Å²) in [7, 11) is 0. The molecule has 0 aromatic heterocycles. The highest BCUT2D eigenvalue weighted by atomic mass is 14.4. The van der Waals surface area contributed by atoms with Crippen molar-refractivity contribution in [1.29, 1.82) is 0 Å². The zero-order valence-electron chi connectivity index (χ0n) is 11.3. The van der Waals surface area contributed by atoms with Gasteiger partial charge in [-0.2, -0.15) is 0 Å². The summed E-state index contributed by atoms with van der Waals surface area (Å²) in [5.74, 6) is 1.72. The molecule has 2 aliphatic carbocycles. The third-order valence-corrected chi connectivity index (χ3v) is 4.74. The smallest absolute Gasteiger partial charge is 0.0123 e. The first-order valence-electron chi connectivity index (χ1n) is 6.83. The first-order chi connectivity index (χ1) is 7.50. The largest absolute Gasteiger partial charge is 0.0853 e. The van der Waals surface area contributed by atoms with Crippen molar-refractivity contribution in [2.75, 3.05) is 0 Å². The maximum absolute atomic E-state index is 2.49. The molecule has 0 N–H and O–H groups in total. The molecule has 0 fully saturated rings. The van der Waals surface area contributed by atoms with Gasteiger partial charge in [0.1, 0.15) is 0 Å². The molecule has 0 saturated carbocycles. The average molecular weight is 218 g/mol. The molecule has 0 bridgehead atoms. The maximum Gasteiger partial charge on any atom is -0.0123 e. The second-order valence-electron chi connectivity index (χ2n) is 6.54. The van der Waals surface area contributed by atoms with Gasteiger partial charge < -0.3 is 0 Å². The molecule has 0 heteroatoms. The van der Waals surface area contributed by atoms with Crippen LogP contribution in [-0.4, -0.2) is 0 Å². The lowest BCUT2D eigenvalue weighted by Gasteiger charge is -2.44. The van der Waals surface area contributed by atoms with E-state index in [0.717, 1.165) is 11.8 Å². The lowest BCUT2D eigenvalue weighted by Crippen LogP contribution is -2.34. The SMILES string of the molecule is CC1=CCC(C2C(C)=CCCC2(C)C)CC1. The van der Waals surface area contributed by atoms with Gasteiger partial charge in [-0.15, -0.1) is 0 Å². The van der Waals surface area contributed by atoms with Crippen LogP contribution in [0.25, 0.3) is 0 Å². The van der Waals surface area contributed by atoms with Crippen LogP contribution in [0.3, 0.4) is 0 Å². The molecule has 0 nitrogen and oxygen atoms in total. The van der Waals surface area contributed by atoms with Gasteiger partial charge in [0.05, 0.1) is 0 Å². The fraction of sp³-hybridized carbons (Fsp3) is 0.750. The van der Waals surface area contributed by atoms with Gasteiger partial charge in [0, 0.05) is 0 Å². The highest BCUT2D eigenvalue weighted by Crippen LogP contribution is 2.48. The Bertz CT molecular complexity index is 317. The van der Waals surface area contributed by atoms with E-state index in [1.54, 1.807) is 11.1 Å². The molecule has 2 rings (SSSR count). The van der Waals surface area contributed by atoms with Gasteiger partial charge in [0.2, 0.25) is 0 Å².